The zero-order valence-corrected chi connectivity index (χ0v) is 9.49. The molecule has 0 aromatic heterocycles. The van der Waals surface area contributed by atoms with E-state index in [4.69, 9.17) is 0 Å². The lowest BCUT2D eigenvalue weighted by Crippen LogP contribution is -2.09. The molecule has 0 spiro atoms. The van der Waals surface area contributed by atoms with Gasteiger partial charge in [-0.2, -0.15) is 11.8 Å². The number of hydrogen-bond donors (Lipinski definition) is 0. The minimum Gasteiger partial charge on any atom is -0.155 e. The monoisotopic (exact) mass is 186 g/mol. The van der Waals surface area contributed by atoms with Crippen molar-refractivity contribution >= 4 is 11.8 Å². The van der Waals surface area contributed by atoms with E-state index >= 15 is 0 Å². The summed E-state index contributed by atoms with van der Waals surface area (Å²) in [5, 5.41) is 1.97. The molecule has 1 heterocycles. The van der Waals surface area contributed by atoms with Crippen molar-refractivity contribution in [3.63, 3.8) is 0 Å². The summed E-state index contributed by atoms with van der Waals surface area (Å²) < 4.78 is 0. The Kier molecular flexibility index (Phi) is 4.49. The Balaban J connectivity index is 2.25. The fourth-order valence-corrected chi connectivity index (χ4v) is 3.82. The average Bonchev–Trinajstić information content (AvgIpc) is 2.52. The van der Waals surface area contributed by atoms with Gasteiger partial charge in [0.15, 0.2) is 0 Å². The van der Waals surface area contributed by atoms with Crippen LogP contribution in [0.5, 0.6) is 0 Å². The van der Waals surface area contributed by atoms with Gasteiger partial charge in [0.2, 0.25) is 0 Å². The standard InChI is InChI=1S/C11H22S/c1-4-6-10-7-8-11(12-10)9(3)5-2/h9-11H,4-8H2,1-3H3. The molecule has 3 atom stereocenters. The van der Waals surface area contributed by atoms with Crippen LogP contribution in [0.4, 0.5) is 0 Å². The Hall–Kier alpha value is 0.350. The van der Waals surface area contributed by atoms with Crippen molar-refractivity contribution in [3.8, 4) is 0 Å². The van der Waals surface area contributed by atoms with Crippen LogP contribution in [0.3, 0.4) is 0 Å². The third-order valence-electron chi connectivity index (χ3n) is 3.03. The van der Waals surface area contributed by atoms with E-state index in [1.54, 1.807) is 0 Å². The molecule has 1 aliphatic rings. The summed E-state index contributed by atoms with van der Waals surface area (Å²) in [5.41, 5.74) is 0. The molecule has 1 heteroatoms. The van der Waals surface area contributed by atoms with Crippen molar-refractivity contribution in [2.45, 2.75) is 63.4 Å². The second-order valence-corrected chi connectivity index (χ2v) is 5.59. The summed E-state index contributed by atoms with van der Waals surface area (Å²) in [4.78, 5) is 0. The first-order valence-corrected chi connectivity index (χ1v) is 6.37. The molecular weight excluding hydrogens is 164 g/mol. The smallest absolute Gasteiger partial charge is 0.00757 e. The molecule has 0 radical (unpaired) electrons. The van der Waals surface area contributed by atoms with E-state index in [0.29, 0.717) is 0 Å². The molecule has 0 aliphatic carbocycles. The van der Waals surface area contributed by atoms with Crippen molar-refractivity contribution in [3.05, 3.63) is 0 Å². The van der Waals surface area contributed by atoms with Gasteiger partial charge in [0.25, 0.3) is 0 Å². The second-order valence-electron chi connectivity index (χ2n) is 4.05. The Labute approximate surface area is 81.5 Å². The molecule has 12 heavy (non-hydrogen) atoms. The van der Waals surface area contributed by atoms with Crippen LogP contribution < -0.4 is 0 Å². The molecule has 0 saturated carbocycles. The summed E-state index contributed by atoms with van der Waals surface area (Å²) in [6.07, 6.45) is 7.12. The lowest BCUT2D eigenvalue weighted by molar-refractivity contribution is 0.515. The third-order valence-corrected chi connectivity index (χ3v) is 4.94. The highest BCUT2D eigenvalue weighted by atomic mass is 32.2. The molecule has 0 amide bonds. The van der Waals surface area contributed by atoms with Gasteiger partial charge in [0.1, 0.15) is 0 Å². The van der Waals surface area contributed by atoms with Crippen LogP contribution in [0.1, 0.15) is 52.9 Å². The molecule has 0 aromatic rings. The Morgan fingerprint density at radius 3 is 2.67 bits per heavy atom. The highest BCUT2D eigenvalue weighted by molar-refractivity contribution is 8.00. The minimum atomic E-state index is 0.942. The van der Waals surface area contributed by atoms with E-state index in [9.17, 15) is 0 Å². The lowest BCUT2D eigenvalue weighted by atomic mass is 10.00. The predicted molar refractivity (Wildman–Crippen MR) is 58.8 cm³/mol. The summed E-state index contributed by atoms with van der Waals surface area (Å²) in [6.45, 7) is 7.03. The summed E-state index contributed by atoms with van der Waals surface area (Å²) in [7, 11) is 0. The van der Waals surface area contributed by atoms with E-state index in [-0.39, 0.29) is 0 Å². The Morgan fingerprint density at radius 2 is 2.08 bits per heavy atom. The van der Waals surface area contributed by atoms with Gasteiger partial charge >= 0.3 is 0 Å². The first-order valence-electron chi connectivity index (χ1n) is 5.43. The van der Waals surface area contributed by atoms with Crippen LogP contribution in [0, 0.1) is 5.92 Å². The summed E-state index contributed by atoms with van der Waals surface area (Å²) in [6, 6.07) is 0. The molecule has 1 fully saturated rings. The molecule has 72 valence electrons. The van der Waals surface area contributed by atoms with Gasteiger partial charge in [-0.05, 0) is 25.2 Å². The highest BCUT2D eigenvalue weighted by Gasteiger charge is 2.27. The highest BCUT2D eigenvalue weighted by Crippen LogP contribution is 2.40. The van der Waals surface area contributed by atoms with Gasteiger partial charge in [-0.1, -0.05) is 33.6 Å². The summed E-state index contributed by atoms with van der Waals surface area (Å²) in [5.74, 6) is 0.942. The first kappa shape index (κ1) is 10.4. The second kappa shape index (κ2) is 5.16. The maximum Gasteiger partial charge on any atom is 0.00757 e. The molecule has 1 saturated heterocycles. The molecule has 0 nitrogen and oxygen atoms in total. The normalized spacial score (nSPS) is 32.2. The van der Waals surface area contributed by atoms with Crippen LogP contribution >= 0.6 is 11.8 Å². The van der Waals surface area contributed by atoms with Crippen molar-refractivity contribution < 1.29 is 0 Å². The van der Waals surface area contributed by atoms with E-state index in [2.05, 4.69) is 32.5 Å². The topological polar surface area (TPSA) is 0 Å². The Morgan fingerprint density at radius 1 is 1.33 bits per heavy atom. The van der Waals surface area contributed by atoms with Gasteiger partial charge in [-0.15, -0.1) is 0 Å². The van der Waals surface area contributed by atoms with Gasteiger partial charge in [0.05, 0.1) is 0 Å². The first-order chi connectivity index (χ1) is 5.77. The van der Waals surface area contributed by atoms with E-state index < -0.39 is 0 Å². The quantitative estimate of drug-likeness (QED) is 0.637. The van der Waals surface area contributed by atoms with Gasteiger partial charge in [-0.3, -0.25) is 0 Å². The Bertz CT molecular complexity index is 122. The number of rotatable bonds is 4. The van der Waals surface area contributed by atoms with E-state index in [0.717, 1.165) is 16.4 Å². The van der Waals surface area contributed by atoms with Crippen molar-refractivity contribution in [2.75, 3.05) is 0 Å². The minimum absolute atomic E-state index is 0.942. The number of thioether (sulfide) groups is 1. The lowest BCUT2D eigenvalue weighted by Gasteiger charge is -2.16. The maximum atomic E-state index is 2.41. The van der Waals surface area contributed by atoms with Crippen LogP contribution in [-0.4, -0.2) is 10.5 Å². The maximum absolute atomic E-state index is 2.41. The van der Waals surface area contributed by atoms with Crippen LogP contribution in [0.2, 0.25) is 0 Å². The largest absolute Gasteiger partial charge is 0.155 e. The molecule has 0 aromatic carbocycles. The van der Waals surface area contributed by atoms with Gasteiger partial charge in [0, 0.05) is 10.5 Å². The molecule has 1 aliphatic heterocycles. The SMILES string of the molecule is CCCC1CCC(C(C)CC)S1. The van der Waals surface area contributed by atoms with E-state index in [1.807, 2.05) is 0 Å². The fraction of sp³-hybridized carbons (Fsp3) is 1.00. The number of hydrogen-bond acceptors (Lipinski definition) is 1. The van der Waals surface area contributed by atoms with E-state index in [1.165, 1.54) is 32.1 Å². The van der Waals surface area contributed by atoms with Crippen molar-refractivity contribution in [1.82, 2.24) is 0 Å². The van der Waals surface area contributed by atoms with Gasteiger partial charge < -0.3 is 0 Å². The van der Waals surface area contributed by atoms with Gasteiger partial charge in [-0.25, -0.2) is 0 Å². The molecule has 1 rings (SSSR count). The van der Waals surface area contributed by atoms with Crippen LogP contribution in [0.15, 0.2) is 0 Å². The third kappa shape index (κ3) is 2.69. The molecule has 0 bridgehead atoms. The summed E-state index contributed by atoms with van der Waals surface area (Å²) >= 11 is 2.27. The predicted octanol–water partition coefficient (Wildman–Crippen LogP) is 4.10. The van der Waals surface area contributed by atoms with Crippen molar-refractivity contribution in [1.29, 1.82) is 0 Å². The average molecular weight is 186 g/mol. The van der Waals surface area contributed by atoms with Crippen LogP contribution in [-0.2, 0) is 0 Å². The van der Waals surface area contributed by atoms with Crippen molar-refractivity contribution in [2.24, 2.45) is 5.92 Å². The zero-order valence-electron chi connectivity index (χ0n) is 8.68. The molecule has 3 unspecified atom stereocenters. The van der Waals surface area contributed by atoms with Crippen LogP contribution in [0.25, 0.3) is 0 Å². The fourth-order valence-electron chi connectivity index (χ4n) is 1.95. The molecule has 0 N–H and O–H groups in total. The zero-order chi connectivity index (χ0) is 8.97. The molecular formula is C11H22S.